The van der Waals surface area contributed by atoms with Crippen LogP contribution in [0.15, 0.2) is 23.3 Å². The summed E-state index contributed by atoms with van der Waals surface area (Å²) in [6.07, 6.45) is 1.84. The van der Waals surface area contributed by atoms with Crippen molar-refractivity contribution in [1.29, 1.82) is 0 Å². The Morgan fingerprint density at radius 2 is 1.89 bits per heavy atom. The van der Waals surface area contributed by atoms with E-state index in [9.17, 15) is 24.6 Å². The van der Waals surface area contributed by atoms with Gasteiger partial charge in [0.2, 0.25) is 0 Å². The van der Waals surface area contributed by atoms with Gasteiger partial charge in [-0.1, -0.05) is 13.0 Å². The van der Waals surface area contributed by atoms with E-state index >= 15 is 0 Å². The Bertz CT molecular complexity index is 1190. The molecular formula is C28H34O9. The summed E-state index contributed by atoms with van der Waals surface area (Å²) >= 11 is 0. The highest BCUT2D eigenvalue weighted by Gasteiger charge is 2.75. The molecule has 7 rings (SSSR count). The second kappa shape index (κ2) is 7.11. The van der Waals surface area contributed by atoms with Crippen LogP contribution in [0.1, 0.15) is 59.8 Å². The van der Waals surface area contributed by atoms with Crippen LogP contribution in [0.4, 0.5) is 0 Å². The lowest BCUT2D eigenvalue weighted by Gasteiger charge is -2.50. The predicted molar refractivity (Wildman–Crippen MR) is 126 cm³/mol. The first-order valence-electron chi connectivity index (χ1n) is 13.4. The van der Waals surface area contributed by atoms with Gasteiger partial charge < -0.3 is 29.2 Å². The first-order chi connectivity index (χ1) is 17.3. The fraction of sp³-hybridized carbons (Fsp3) is 0.750. The second-order valence-corrected chi connectivity index (χ2v) is 13.0. The van der Waals surface area contributed by atoms with Gasteiger partial charge in [0.05, 0.1) is 23.7 Å². The van der Waals surface area contributed by atoms with Crippen LogP contribution < -0.4 is 0 Å². The normalized spacial score (nSPS) is 53.3. The van der Waals surface area contributed by atoms with Crippen LogP contribution in [-0.4, -0.2) is 74.8 Å². The number of aliphatic hydroxyl groups excluding tert-OH is 1. The van der Waals surface area contributed by atoms with Crippen LogP contribution in [0.2, 0.25) is 0 Å². The minimum absolute atomic E-state index is 0.0250. The smallest absolute Gasteiger partial charge is 0.334 e. The maximum absolute atomic E-state index is 14.1. The van der Waals surface area contributed by atoms with Gasteiger partial charge in [-0.25, -0.2) is 4.79 Å². The van der Waals surface area contributed by atoms with Gasteiger partial charge in [0.1, 0.15) is 23.9 Å². The average molecular weight is 515 g/mol. The van der Waals surface area contributed by atoms with Crippen molar-refractivity contribution < 1.29 is 43.5 Å². The number of hydrogen-bond acceptors (Lipinski definition) is 9. The molecule has 0 aromatic carbocycles. The van der Waals surface area contributed by atoms with Crippen molar-refractivity contribution in [3.05, 3.63) is 23.3 Å². The fourth-order valence-corrected chi connectivity index (χ4v) is 9.24. The lowest BCUT2D eigenvalue weighted by Crippen LogP contribution is -2.62. The summed E-state index contributed by atoms with van der Waals surface area (Å²) in [5.41, 5.74) is -3.52. The lowest BCUT2D eigenvalue weighted by molar-refractivity contribution is -0.177. The van der Waals surface area contributed by atoms with E-state index in [4.69, 9.17) is 18.9 Å². The topological polar surface area (TPSA) is 129 Å². The number of allylic oxidation sites excluding steroid dienone is 1. The zero-order valence-corrected chi connectivity index (χ0v) is 21.6. The molecule has 0 aromatic rings. The second-order valence-electron chi connectivity index (χ2n) is 13.0. The van der Waals surface area contributed by atoms with Crippen molar-refractivity contribution in [3.8, 4) is 0 Å². The fourth-order valence-electron chi connectivity index (χ4n) is 9.24. The molecule has 11 atom stereocenters. The van der Waals surface area contributed by atoms with Gasteiger partial charge in [-0.3, -0.25) is 9.59 Å². The standard InChI is InChI=1S/C28H34O9/c1-12-7-17(34-24(12)32)23-13(2)14-5-6-15-22-16(29)8-18-25(3,4)35-20-9-21(31)36-27(18,20)11-26(22,33)10-19(30)28(14,15)37-23/h6-7,13-14,16-18,20,22-23,29,33H,5,8-11H2,1-4H3/t13-,14+,16+,17-,18-,20+,22+,23-,26-,27+,28-/m0/s1. The van der Waals surface area contributed by atoms with Crippen molar-refractivity contribution in [3.63, 3.8) is 0 Å². The predicted octanol–water partition coefficient (Wildman–Crippen LogP) is 1.53. The van der Waals surface area contributed by atoms with Crippen LogP contribution in [0.3, 0.4) is 0 Å². The van der Waals surface area contributed by atoms with Crippen LogP contribution in [-0.2, 0) is 33.3 Å². The third kappa shape index (κ3) is 2.81. The van der Waals surface area contributed by atoms with Crippen LogP contribution in [0, 0.1) is 23.7 Å². The number of fused-ring (bicyclic) bond motifs is 2. The van der Waals surface area contributed by atoms with E-state index < -0.39 is 52.7 Å². The average Bonchev–Trinajstić information content (AvgIpc) is 3.51. The van der Waals surface area contributed by atoms with Crippen molar-refractivity contribution in [1.82, 2.24) is 0 Å². The molecule has 0 unspecified atom stereocenters. The van der Waals surface area contributed by atoms with E-state index in [-0.39, 0.29) is 61.2 Å². The van der Waals surface area contributed by atoms with E-state index in [0.29, 0.717) is 17.6 Å². The molecule has 37 heavy (non-hydrogen) atoms. The van der Waals surface area contributed by atoms with Gasteiger partial charge in [-0.2, -0.15) is 0 Å². The Kier molecular flexibility index (Phi) is 4.61. The molecule has 9 nitrogen and oxygen atoms in total. The maximum Gasteiger partial charge on any atom is 0.334 e. The van der Waals surface area contributed by atoms with Crippen molar-refractivity contribution in [2.45, 2.75) is 107 Å². The molecule has 4 heterocycles. The highest BCUT2D eigenvalue weighted by molar-refractivity contribution is 5.95. The summed E-state index contributed by atoms with van der Waals surface area (Å²) in [5, 5.41) is 24.0. The Morgan fingerprint density at radius 1 is 1.14 bits per heavy atom. The molecule has 9 heteroatoms. The highest BCUT2D eigenvalue weighted by Crippen LogP contribution is 2.65. The summed E-state index contributed by atoms with van der Waals surface area (Å²) in [5.74, 6) is -2.36. The zero-order valence-electron chi connectivity index (χ0n) is 21.6. The third-order valence-electron chi connectivity index (χ3n) is 10.6. The molecular weight excluding hydrogens is 480 g/mol. The van der Waals surface area contributed by atoms with E-state index in [1.165, 1.54) is 0 Å². The summed E-state index contributed by atoms with van der Waals surface area (Å²) in [4.78, 5) is 38.6. The minimum atomic E-state index is -1.62. The molecule has 2 saturated carbocycles. The van der Waals surface area contributed by atoms with Gasteiger partial charge in [0.25, 0.3) is 0 Å². The van der Waals surface area contributed by atoms with Gasteiger partial charge in [0, 0.05) is 36.2 Å². The van der Waals surface area contributed by atoms with E-state index in [0.717, 1.165) is 0 Å². The molecule has 0 aromatic heterocycles. The molecule has 7 aliphatic rings. The maximum atomic E-state index is 14.1. The summed E-state index contributed by atoms with van der Waals surface area (Å²) in [6, 6.07) is 0. The molecule has 3 saturated heterocycles. The monoisotopic (exact) mass is 514 g/mol. The van der Waals surface area contributed by atoms with Crippen molar-refractivity contribution in [2.24, 2.45) is 23.7 Å². The first kappa shape index (κ1) is 24.0. The van der Waals surface area contributed by atoms with E-state index in [1.807, 2.05) is 26.8 Å². The number of esters is 2. The molecule has 2 N–H and O–H groups in total. The number of carbonyl (C=O) groups is 3. The molecule has 0 radical (unpaired) electrons. The SMILES string of the molecule is CC1=C[C@@H]([C@H]2O[C@]34C(=O)C[C@]5(O)C[C@]67OC(=O)C[C@H]6OC(C)(C)[C@@H]7C[C@@H](O)[C@H]5C3=CC[C@@H]4[C@@H]2C)OC1=O. The number of cyclic esters (lactones) is 1. The quantitative estimate of drug-likeness (QED) is 0.395. The number of ether oxygens (including phenoxy) is 4. The van der Waals surface area contributed by atoms with Gasteiger partial charge in [-0.05, 0) is 51.2 Å². The molecule has 5 fully saturated rings. The largest absolute Gasteiger partial charge is 0.456 e. The molecule has 3 aliphatic carbocycles. The highest BCUT2D eigenvalue weighted by atomic mass is 16.6. The summed E-state index contributed by atoms with van der Waals surface area (Å²) < 4.78 is 24.4. The number of carbonyl (C=O) groups excluding carboxylic acids is 3. The molecule has 0 amide bonds. The summed E-state index contributed by atoms with van der Waals surface area (Å²) in [7, 11) is 0. The van der Waals surface area contributed by atoms with Crippen LogP contribution in [0.5, 0.6) is 0 Å². The number of aliphatic hydroxyl groups is 2. The Balaban J connectivity index is 1.29. The van der Waals surface area contributed by atoms with Crippen LogP contribution >= 0.6 is 0 Å². The summed E-state index contributed by atoms with van der Waals surface area (Å²) in [6.45, 7) is 7.57. The first-order valence-corrected chi connectivity index (χ1v) is 13.4. The van der Waals surface area contributed by atoms with Crippen LogP contribution in [0.25, 0.3) is 0 Å². The van der Waals surface area contributed by atoms with Gasteiger partial charge in [0.15, 0.2) is 11.4 Å². The van der Waals surface area contributed by atoms with E-state index in [2.05, 4.69) is 0 Å². The van der Waals surface area contributed by atoms with Gasteiger partial charge >= 0.3 is 11.9 Å². The Labute approximate surface area is 215 Å². The minimum Gasteiger partial charge on any atom is -0.456 e. The number of rotatable bonds is 1. The lowest BCUT2D eigenvalue weighted by atomic mass is 9.59. The molecule has 200 valence electrons. The Hall–Kier alpha value is -2.07. The third-order valence-corrected chi connectivity index (χ3v) is 10.6. The zero-order chi connectivity index (χ0) is 26.3. The molecule has 4 aliphatic heterocycles. The number of ketones is 1. The Morgan fingerprint density at radius 3 is 2.59 bits per heavy atom. The van der Waals surface area contributed by atoms with Crippen molar-refractivity contribution >= 4 is 17.7 Å². The van der Waals surface area contributed by atoms with E-state index in [1.54, 1.807) is 13.0 Å². The van der Waals surface area contributed by atoms with Crippen molar-refractivity contribution in [2.75, 3.05) is 0 Å². The molecule has 2 spiro atoms. The number of hydrogen-bond donors (Lipinski definition) is 2. The molecule has 0 bridgehead atoms. The van der Waals surface area contributed by atoms with Gasteiger partial charge in [-0.15, -0.1) is 0 Å². The number of Topliss-reactive ketones (excluding diaryl/α,β-unsaturated/α-hetero) is 1.